The topological polar surface area (TPSA) is 12.9 Å². The normalized spacial score (nSPS) is 20.0. The highest BCUT2D eigenvalue weighted by atomic mass is 19.1. The van der Waals surface area contributed by atoms with Crippen LogP contribution in [0.3, 0.4) is 0 Å². The van der Waals surface area contributed by atoms with Gasteiger partial charge in [-0.1, -0.05) is 51.7 Å². The van der Waals surface area contributed by atoms with Gasteiger partial charge in [-0.15, -0.1) is 0 Å². The first kappa shape index (κ1) is 20.0. The summed E-state index contributed by atoms with van der Waals surface area (Å²) in [7, 11) is 0. The molecule has 146 valence electrons. The summed E-state index contributed by atoms with van der Waals surface area (Å²) in [6, 6.07) is 9.83. The summed E-state index contributed by atoms with van der Waals surface area (Å²) >= 11 is 0. The molecule has 0 bridgehead atoms. The van der Waals surface area contributed by atoms with Crippen LogP contribution in [-0.4, -0.2) is 4.98 Å². The SMILES string of the molecule is CCCCCCc1ccc(-c2ccc([C@H]3CC[C@H](CC)CC3)cn2)c(F)c1. The molecular weight excluding hydrogens is 333 g/mol. The Morgan fingerprint density at radius 1 is 0.963 bits per heavy atom. The monoisotopic (exact) mass is 367 g/mol. The van der Waals surface area contributed by atoms with Crippen molar-refractivity contribution >= 4 is 0 Å². The summed E-state index contributed by atoms with van der Waals surface area (Å²) in [5, 5.41) is 0. The average Bonchev–Trinajstić information content (AvgIpc) is 2.72. The highest BCUT2D eigenvalue weighted by Crippen LogP contribution is 2.37. The maximum absolute atomic E-state index is 14.6. The number of pyridine rings is 1. The van der Waals surface area contributed by atoms with Crippen molar-refractivity contribution in [3.05, 3.63) is 53.5 Å². The number of aromatic nitrogens is 1. The summed E-state index contributed by atoms with van der Waals surface area (Å²) in [4.78, 5) is 4.60. The number of hydrogen-bond acceptors (Lipinski definition) is 1. The molecule has 27 heavy (non-hydrogen) atoms. The van der Waals surface area contributed by atoms with E-state index in [4.69, 9.17) is 0 Å². The lowest BCUT2D eigenvalue weighted by Crippen LogP contribution is -2.12. The maximum Gasteiger partial charge on any atom is 0.132 e. The Morgan fingerprint density at radius 2 is 1.78 bits per heavy atom. The molecule has 1 aliphatic carbocycles. The van der Waals surface area contributed by atoms with E-state index in [9.17, 15) is 4.39 Å². The third-order valence-electron chi connectivity index (χ3n) is 6.31. The van der Waals surface area contributed by atoms with Gasteiger partial charge in [0, 0.05) is 11.8 Å². The lowest BCUT2D eigenvalue weighted by molar-refractivity contribution is 0.318. The zero-order valence-corrected chi connectivity index (χ0v) is 17.0. The smallest absolute Gasteiger partial charge is 0.132 e. The van der Waals surface area contributed by atoms with Gasteiger partial charge >= 0.3 is 0 Å². The molecule has 0 aliphatic heterocycles. The Labute approximate surface area is 164 Å². The van der Waals surface area contributed by atoms with E-state index in [2.05, 4.69) is 31.0 Å². The minimum atomic E-state index is -0.147. The van der Waals surface area contributed by atoms with E-state index >= 15 is 0 Å². The fraction of sp³-hybridized carbons (Fsp3) is 0.560. The summed E-state index contributed by atoms with van der Waals surface area (Å²) in [5.41, 5.74) is 3.78. The van der Waals surface area contributed by atoms with E-state index in [0.717, 1.165) is 30.0 Å². The highest BCUT2D eigenvalue weighted by molar-refractivity contribution is 5.60. The lowest BCUT2D eigenvalue weighted by Gasteiger charge is -2.27. The predicted molar refractivity (Wildman–Crippen MR) is 112 cm³/mol. The van der Waals surface area contributed by atoms with Gasteiger partial charge in [0.25, 0.3) is 0 Å². The Balaban J connectivity index is 1.63. The van der Waals surface area contributed by atoms with E-state index in [1.54, 1.807) is 6.07 Å². The molecule has 1 heterocycles. The Bertz CT molecular complexity index is 699. The first-order valence-electron chi connectivity index (χ1n) is 11.0. The van der Waals surface area contributed by atoms with Crippen LogP contribution in [0.2, 0.25) is 0 Å². The molecule has 0 radical (unpaired) electrons. The minimum Gasteiger partial charge on any atom is -0.256 e. The molecule has 0 N–H and O–H groups in total. The Kier molecular flexibility index (Phi) is 7.43. The second-order valence-electron chi connectivity index (χ2n) is 8.23. The molecule has 0 saturated heterocycles. The van der Waals surface area contributed by atoms with E-state index < -0.39 is 0 Å². The summed E-state index contributed by atoms with van der Waals surface area (Å²) in [6.07, 6.45) is 14.3. The van der Waals surface area contributed by atoms with Crippen molar-refractivity contribution in [2.24, 2.45) is 5.92 Å². The first-order valence-corrected chi connectivity index (χ1v) is 11.0. The van der Waals surface area contributed by atoms with Crippen LogP contribution in [0.1, 0.15) is 88.7 Å². The molecule has 3 rings (SSSR count). The molecule has 1 nitrogen and oxygen atoms in total. The van der Waals surface area contributed by atoms with Gasteiger partial charge in [-0.2, -0.15) is 0 Å². The number of unbranched alkanes of at least 4 members (excludes halogenated alkanes) is 3. The van der Waals surface area contributed by atoms with Crippen LogP contribution in [0.15, 0.2) is 36.5 Å². The molecule has 1 fully saturated rings. The molecule has 1 aromatic carbocycles. The number of hydrogen-bond donors (Lipinski definition) is 0. The van der Waals surface area contributed by atoms with Gasteiger partial charge in [-0.05, 0) is 79.7 Å². The van der Waals surface area contributed by atoms with Crippen LogP contribution in [-0.2, 0) is 6.42 Å². The number of halogens is 1. The standard InChI is InChI=1S/C25H34FN/c1-3-5-6-7-8-20-11-15-23(24(26)17-20)25-16-14-22(18-27-25)21-12-9-19(4-2)10-13-21/h11,14-19,21H,3-10,12-13H2,1-2H3/t19-,21-. The van der Waals surface area contributed by atoms with Gasteiger partial charge < -0.3 is 0 Å². The summed E-state index contributed by atoms with van der Waals surface area (Å²) in [5.74, 6) is 1.39. The van der Waals surface area contributed by atoms with Gasteiger partial charge in [0.15, 0.2) is 0 Å². The average molecular weight is 368 g/mol. The minimum absolute atomic E-state index is 0.147. The number of aryl methyl sites for hydroxylation is 1. The quantitative estimate of drug-likeness (QED) is 0.436. The molecule has 2 heteroatoms. The van der Waals surface area contributed by atoms with Gasteiger partial charge in [-0.3, -0.25) is 4.98 Å². The largest absolute Gasteiger partial charge is 0.256 e. The van der Waals surface area contributed by atoms with Crippen molar-refractivity contribution in [1.29, 1.82) is 0 Å². The van der Waals surface area contributed by atoms with Crippen molar-refractivity contribution < 1.29 is 4.39 Å². The molecule has 1 aromatic heterocycles. The Morgan fingerprint density at radius 3 is 2.41 bits per heavy atom. The number of benzene rings is 1. The summed E-state index contributed by atoms with van der Waals surface area (Å²) in [6.45, 7) is 4.51. The molecule has 2 aromatic rings. The first-order chi connectivity index (χ1) is 13.2. The molecule has 0 amide bonds. The van der Waals surface area contributed by atoms with Crippen LogP contribution in [0.5, 0.6) is 0 Å². The van der Waals surface area contributed by atoms with Gasteiger partial charge in [0.1, 0.15) is 5.82 Å². The van der Waals surface area contributed by atoms with E-state index in [1.165, 1.54) is 56.9 Å². The predicted octanol–water partition coefficient (Wildman–Crippen LogP) is 7.69. The molecular formula is C25H34FN. The number of rotatable bonds is 8. The van der Waals surface area contributed by atoms with Gasteiger partial charge in [0.05, 0.1) is 5.69 Å². The molecule has 0 spiro atoms. The van der Waals surface area contributed by atoms with E-state index in [-0.39, 0.29) is 5.82 Å². The molecule has 1 aliphatic rings. The lowest BCUT2D eigenvalue weighted by atomic mass is 9.78. The summed E-state index contributed by atoms with van der Waals surface area (Å²) < 4.78 is 14.6. The highest BCUT2D eigenvalue weighted by Gasteiger charge is 2.21. The van der Waals surface area contributed by atoms with Crippen LogP contribution in [0, 0.1) is 11.7 Å². The fourth-order valence-electron chi connectivity index (χ4n) is 4.39. The second-order valence-corrected chi connectivity index (χ2v) is 8.23. The zero-order chi connectivity index (χ0) is 19.1. The van der Waals surface area contributed by atoms with Gasteiger partial charge in [-0.25, -0.2) is 4.39 Å². The number of nitrogens with zero attached hydrogens (tertiary/aromatic N) is 1. The third-order valence-corrected chi connectivity index (χ3v) is 6.31. The molecule has 0 atom stereocenters. The van der Waals surface area contributed by atoms with E-state index in [1.807, 2.05) is 18.3 Å². The van der Waals surface area contributed by atoms with Crippen molar-refractivity contribution in [3.63, 3.8) is 0 Å². The van der Waals surface area contributed by atoms with Crippen LogP contribution in [0.4, 0.5) is 4.39 Å². The molecule has 0 unspecified atom stereocenters. The second kappa shape index (κ2) is 10.0. The zero-order valence-electron chi connectivity index (χ0n) is 17.0. The fourth-order valence-corrected chi connectivity index (χ4v) is 4.39. The maximum atomic E-state index is 14.6. The van der Waals surface area contributed by atoms with Crippen molar-refractivity contribution in [3.8, 4) is 11.3 Å². The Hall–Kier alpha value is -1.70. The van der Waals surface area contributed by atoms with Crippen molar-refractivity contribution in [2.45, 2.75) is 84.0 Å². The van der Waals surface area contributed by atoms with Crippen LogP contribution in [0.25, 0.3) is 11.3 Å². The third kappa shape index (κ3) is 5.40. The van der Waals surface area contributed by atoms with Crippen LogP contribution < -0.4 is 0 Å². The van der Waals surface area contributed by atoms with Gasteiger partial charge in [0.2, 0.25) is 0 Å². The van der Waals surface area contributed by atoms with E-state index in [0.29, 0.717) is 11.5 Å². The van der Waals surface area contributed by atoms with Crippen LogP contribution >= 0.6 is 0 Å². The molecule has 1 saturated carbocycles. The van der Waals surface area contributed by atoms with Crippen molar-refractivity contribution in [1.82, 2.24) is 4.98 Å². The van der Waals surface area contributed by atoms with Crippen molar-refractivity contribution in [2.75, 3.05) is 0 Å².